The Bertz CT molecular complexity index is 797. The minimum absolute atomic E-state index is 0.00564. The molecular weight excluding hydrogens is 469 g/mol. The fourth-order valence-corrected chi connectivity index (χ4v) is 4.11. The van der Waals surface area contributed by atoms with Gasteiger partial charge in [-0.3, -0.25) is 4.79 Å². The van der Waals surface area contributed by atoms with Crippen molar-refractivity contribution in [3.8, 4) is 0 Å². The number of halogens is 6. The van der Waals surface area contributed by atoms with E-state index in [1.807, 2.05) is 0 Å². The minimum atomic E-state index is -0.357. The van der Waals surface area contributed by atoms with Gasteiger partial charge in [0.15, 0.2) is 0 Å². The molecule has 1 amide bonds. The zero-order valence-electron chi connectivity index (χ0n) is 12.1. The largest absolute Gasteiger partial charge is 0.272 e. The van der Waals surface area contributed by atoms with E-state index in [1.165, 1.54) is 6.21 Å². The summed E-state index contributed by atoms with van der Waals surface area (Å²) >= 11 is 36.9. The van der Waals surface area contributed by atoms with Gasteiger partial charge in [-0.25, -0.2) is 5.43 Å². The van der Waals surface area contributed by atoms with E-state index in [-0.39, 0.29) is 36.8 Å². The smallest absolute Gasteiger partial charge is 0.250 e. The number of hydrogen-bond acceptors (Lipinski definition) is 3. The number of carbonyl (C=O) groups excluding carboxylic acids is 1. The highest BCUT2D eigenvalue weighted by molar-refractivity contribution is 8.00. The maximum absolute atomic E-state index is 11.9. The van der Waals surface area contributed by atoms with E-state index in [0.29, 0.717) is 9.92 Å². The number of nitrogens with one attached hydrogen (secondary N) is 1. The minimum Gasteiger partial charge on any atom is -0.272 e. The van der Waals surface area contributed by atoms with E-state index in [2.05, 4.69) is 10.5 Å². The molecule has 0 fully saturated rings. The van der Waals surface area contributed by atoms with Gasteiger partial charge >= 0.3 is 0 Å². The molecule has 0 aromatic heterocycles. The van der Waals surface area contributed by atoms with Crippen molar-refractivity contribution in [2.24, 2.45) is 5.10 Å². The molecule has 0 unspecified atom stereocenters. The van der Waals surface area contributed by atoms with Crippen LogP contribution in [0.5, 0.6) is 0 Å². The number of carbonyl (C=O) groups is 1. The highest BCUT2D eigenvalue weighted by Gasteiger charge is 2.20. The van der Waals surface area contributed by atoms with Crippen molar-refractivity contribution in [1.29, 1.82) is 0 Å². The third kappa shape index (κ3) is 5.57. The van der Waals surface area contributed by atoms with E-state index in [4.69, 9.17) is 69.6 Å². The Kier molecular flexibility index (Phi) is 8.02. The van der Waals surface area contributed by atoms with Gasteiger partial charge in [-0.1, -0.05) is 81.7 Å². The highest BCUT2D eigenvalue weighted by Crippen LogP contribution is 2.47. The lowest BCUT2D eigenvalue weighted by Gasteiger charge is -2.11. The molecule has 1 N–H and O–H groups in total. The van der Waals surface area contributed by atoms with Crippen LogP contribution < -0.4 is 5.43 Å². The SMILES string of the molecule is O=C(CSc1c(Cl)c(Cl)c(Cl)c(Cl)c1Cl)N/N=C\c1ccc(Cl)cc1. The van der Waals surface area contributed by atoms with E-state index in [1.54, 1.807) is 24.3 Å². The highest BCUT2D eigenvalue weighted by atomic mass is 35.5. The summed E-state index contributed by atoms with van der Waals surface area (Å²) in [6.07, 6.45) is 1.49. The van der Waals surface area contributed by atoms with Gasteiger partial charge in [-0.2, -0.15) is 5.10 Å². The second-order valence-electron chi connectivity index (χ2n) is 4.53. The van der Waals surface area contributed by atoms with Gasteiger partial charge in [-0.05, 0) is 17.7 Å². The van der Waals surface area contributed by atoms with Gasteiger partial charge in [0.25, 0.3) is 0 Å². The molecule has 0 saturated heterocycles. The normalized spacial score (nSPS) is 11.1. The average molecular weight is 477 g/mol. The molecule has 0 saturated carbocycles. The molecule has 10 heteroatoms. The number of thioether (sulfide) groups is 1. The van der Waals surface area contributed by atoms with Gasteiger partial charge in [-0.15, -0.1) is 11.8 Å². The van der Waals surface area contributed by atoms with Crippen LogP contribution in [0, 0.1) is 0 Å². The second kappa shape index (κ2) is 9.56. The van der Waals surface area contributed by atoms with Crippen LogP contribution in [-0.2, 0) is 4.79 Å². The van der Waals surface area contributed by atoms with E-state index >= 15 is 0 Å². The molecule has 25 heavy (non-hydrogen) atoms. The summed E-state index contributed by atoms with van der Waals surface area (Å²) in [6.45, 7) is 0. The van der Waals surface area contributed by atoms with Crippen LogP contribution in [0.25, 0.3) is 0 Å². The van der Waals surface area contributed by atoms with Crippen molar-refractivity contribution in [1.82, 2.24) is 5.43 Å². The van der Waals surface area contributed by atoms with Crippen LogP contribution in [0.15, 0.2) is 34.3 Å². The van der Waals surface area contributed by atoms with E-state index in [9.17, 15) is 4.79 Å². The maximum atomic E-state index is 11.9. The number of nitrogens with zero attached hydrogens (tertiary/aromatic N) is 1. The first-order valence-electron chi connectivity index (χ1n) is 6.53. The van der Waals surface area contributed by atoms with Gasteiger partial charge in [0.1, 0.15) is 0 Å². The summed E-state index contributed by atoms with van der Waals surface area (Å²) in [7, 11) is 0. The summed E-state index contributed by atoms with van der Waals surface area (Å²) in [4.78, 5) is 12.2. The first-order chi connectivity index (χ1) is 11.8. The van der Waals surface area contributed by atoms with Crippen LogP contribution >= 0.6 is 81.4 Å². The molecule has 2 aromatic carbocycles. The molecule has 0 spiro atoms. The molecule has 3 nitrogen and oxygen atoms in total. The molecule has 0 bridgehead atoms. The van der Waals surface area contributed by atoms with E-state index in [0.717, 1.165) is 17.3 Å². The van der Waals surface area contributed by atoms with Gasteiger partial charge in [0.2, 0.25) is 5.91 Å². The van der Waals surface area contributed by atoms with Crippen molar-refractivity contribution in [3.05, 3.63) is 60.0 Å². The van der Waals surface area contributed by atoms with Crippen molar-refractivity contribution in [2.45, 2.75) is 4.90 Å². The number of hydrogen-bond donors (Lipinski definition) is 1. The van der Waals surface area contributed by atoms with Crippen LogP contribution in [-0.4, -0.2) is 17.9 Å². The van der Waals surface area contributed by atoms with Crippen molar-refractivity contribution in [2.75, 3.05) is 5.75 Å². The Hall–Kier alpha value is -0.330. The molecule has 0 aliphatic heterocycles. The quantitative estimate of drug-likeness (QED) is 0.168. The number of rotatable bonds is 5. The zero-order valence-corrected chi connectivity index (χ0v) is 17.5. The first kappa shape index (κ1) is 21.0. The summed E-state index contributed by atoms with van der Waals surface area (Å²) in [5.41, 5.74) is 3.19. The van der Waals surface area contributed by atoms with Crippen molar-refractivity contribution in [3.63, 3.8) is 0 Å². The summed E-state index contributed by atoms with van der Waals surface area (Å²) in [6, 6.07) is 6.98. The lowest BCUT2D eigenvalue weighted by Crippen LogP contribution is -2.19. The zero-order chi connectivity index (χ0) is 18.6. The average Bonchev–Trinajstić information content (AvgIpc) is 2.60. The lowest BCUT2D eigenvalue weighted by atomic mass is 10.2. The standard InChI is InChI=1S/C15H8Cl6N2OS/c16-8-3-1-7(2-4-8)5-22-23-9(24)6-25-15-13(20)11(18)10(17)12(19)14(15)21/h1-5H,6H2,(H,23,24)/b22-5-. The van der Waals surface area contributed by atoms with Crippen LogP contribution in [0.1, 0.15) is 5.56 Å². The van der Waals surface area contributed by atoms with Crippen molar-refractivity contribution < 1.29 is 4.79 Å². The molecule has 0 atom stereocenters. The predicted octanol–water partition coefficient (Wildman–Crippen LogP) is 6.85. The van der Waals surface area contributed by atoms with Crippen LogP contribution in [0.3, 0.4) is 0 Å². The molecule has 0 aliphatic rings. The van der Waals surface area contributed by atoms with Gasteiger partial charge in [0, 0.05) is 9.92 Å². The third-order valence-corrected chi connectivity index (χ3v) is 6.65. The number of hydrazone groups is 1. The fraction of sp³-hybridized carbons (Fsp3) is 0.0667. The van der Waals surface area contributed by atoms with Gasteiger partial charge < -0.3 is 0 Å². The van der Waals surface area contributed by atoms with Crippen LogP contribution in [0.2, 0.25) is 30.1 Å². The first-order valence-corrected chi connectivity index (χ1v) is 9.78. The monoisotopic (exact) mass is 474 g/mol. The van der Waals surface area contributed by atoms with Gasteiger partial charge in [0.05, 0.1) is 37.1 Å². The second-order valence-corrected chi connectivity index (χ2v) is 7.84. The molecule has 132 valence electrons. The molecule has 0 aliphatic carbocycles. The Morgan fingerprint density at radius 3 is 2.00 bits per heavy atom. The maximum Gasteiger partial charge on any atom is 0.250 e. The van der Waals surface area contributed by atoms with E-state index < -0.39 is 0 Å². The van der Waals surface area contributed by atoms with Crippen molar-refractivity contribution >= 4 is 93.5 Å². The molecule has 2 aromatic rings. The fourth-order valence-electron chi connectivity index (χ4n) is 1.61. The molecule has 0 radical (unpaired) electrons. The number of amides is 1. The topological polar surface area (TPSA) is 41.5 Å². The lowest BCUT2D eigenvalue weighted by molar-refractivity contribution is -0.118. The molecule has 0 heterocycles. The Labute approximate surface area is 178 Å². The summed E-state index contributed by atoms with van der Waals surface area (Å²) in [5, 5.41) is 5.00. The Morgan fingerprint density at radius 1 is 0.920 bits per heavy atom. The Morgan fingerprint density at radius 2 is 1.44 bits per heavy atom. The molecular formula is C15H8Cl6N2OS. The molecule has 2 rings (SSSR count). The summed E-state index contributed by atoms with van der Waals surface area (Å²) < 4.78 is 0. The Balaban J connectivity index is 1.97. The predicted molar refractivity (Wildman–Crippen MR) is 109 cm³/mol. The number of benzene rings is 2. The third-order valence-electron chi connectivity index (χ3n) is 2.79. The van der Waals surface area contributed by atoms with Crippen LogP contribution in [0.4, 0.5) is 0 Å². The summed E-state index contributed by atoms with van der Waals surface area (Å²) in [5.74, 6) is -0.351.